The summed E-state index contributed by atoms with van der Waals surface area (Å²) in [6.07, 6.45) is 5.92. The fourth-order valence-corrected chi connectivity index (χ4v) is 3.35. The Morgan fingerprint density at radius 2 is 2.17 bits per heavy atom. The summed E-state index contributed by atoms with van der Waals surface area (Å²) in [7, 11) is 0. The number of carbonyl (C=O) groups excluding carboxylic acids is 1. The summed E-state index contributed by atoms with van der Waals surface area (Å²) < 4.78 is 5.20. The molecule has 1 amide bonds. The van der Waals surface area contributed by atoms with Gasteiger partial charge in [0.15, 0.2) is 11.7 Å². The monoisotopic (exact) mass is 515 g/mol. The first-order valence-corrected chi connectivity index (χ1v) is 9.89. The lowest BCUT2D eigenvalue weighted by Crippen LogP contribution is -2.45. The van der Waals surface area contributed by atoms with Gasteiger partial charge in [-0.3, -0.25) is 14.9 Å². The van der Waals surface area contributed by atoms with E-state index < -0.39 is 0 Å². The maximum Gasteiger partial charge on any atom is 0.287 e. The van der Waals surface area contributed by atoms with Gasteiger partial charge < -0.3 is 20.0 Å². The zero-order valence-electron chi connectivity index (χ0n) is 17.0. The van der Waals surface area contributed by atoms with E-state index in [-0.39, 0.29) is 29.9 Å². The number of nitrogens with zero attached hydrogens (tertiary/aromatic N) is 4. The van der Waals surface area contributed by atoms with Crippen LogP contribution in [-0.4, -0.2) is 64.7 Å². The van der Waals surface area contributed by atoms with Gasteiger partial charge in [-0.25, -0.2) is 4.98 Å². The molecule has 160 valence electrons. The molecule has 3 heterocycles. The molecule has 0 atom stereocenters. The standard InChI is InChI=1S/C19H29N7O2.HI/c1-3-20-19(26-10-5-15(6-11-26)17-23-13-24-25-17)22-9-4-8-21-18(27)16-14(2)7-12-28-16;/h7,12-13,15H,3-6,8-11H2,1-2H3,(H,20,22)(H,21,27)(H,23,24,25);1H. The molecule has 0 radical (unpaired) electrons. The van der Waals surface area contributed by atoms with E-state index in [0.29, 0.717) is 24.8 Å². The molecular formula is C19H30IN7O2. The van der Waals surface area contributed by atoms with Gasteiger partial charge in [-0.15, -0.1) is 24.0 Å². The molecule has 3 rings (SSSR count). The van der Waals surface area contributed by atoms with Crippen LogP contribution in [0.2, 0.25) is 0 Å². The third-order valence-electron chi connectivity index (χ3n) is 4.90. The first-order valence-electron chi connectivity index (χ1n) is 9.89. The summed E-state index contributed by atoms with van der Waals surface area (Å²) in [5.74, 6) is 2.55. The number of aryl methyl sites for hydroxylation is 1. The largest absolute Gasteiger partial charge is 0.459 e. The lowest BCUT2D eigenvalue weighted by atomic mass is 9.96. The van der Waals surface area contributed by atoms with E-state index in [9.17, 15) is 4.79 Å². The number of H-pyrrole nitrogens is 1. The zero-order valence-corrected chi connectivity index (χ0v) is 19.3. The Balaban J connectivity index is 0.00000300. The zero-order chi connectivity index (χ0) is 19.8. The van der Waals surface area contributed by atoms with Crippen molar-refractivity contribution in [3.8, 4) is 0 Å². The summed E-state index contributed by atoms with van der Waals surface area (Å²) in [6.45, 7) is 7.85. The van der Waals surface area contributed by atoms with E-state index >= 15 is 0 Å². The van der Waals surface area contributed by atoms with Crippen LogP contribution in [0.5, 0.6) is 0 Å². The van der Waals surface area contributed by atoms with E-state index in [4.69, 9.17) is 9.41 Å². The molecule has 0 unspecified atom stereocenters. The predicted octanol–water partition coefficient (Wildman–Crippen LogP) is 2.29. The van der Waals surface area contributed by atoms with Crippen LogP contribution in [0, 0.1) is 6.92 Å². The Morgan fingerprint density at radius 1 is 1.38 bits per heavy atom. The number of amides is 1. The van der Waals surface area contributed by atoms with Gasteiger partial charge in [0.05, 0.1) is 6.26 Å². The highest BCUT2D eigenvalue weighted by atomic mass is 127. The number of aromatic amines is 1. The van der Waals surface area contributed by atoms with Crippen molar-refractivity contribution in [1.29, 1.82) is 0 Å². The van der Waals surface area contributed by atoms with E-state index in [2.05, 4.69) is 37.6 Å². The van der Waals surface area contributed by atoms with E-state index in [1.54, 1.807) is 12.4 Å². The predicted molar refractivity (Wildman–Crippen MR) is 122 cm³/mol. The van der Waals surface area contributed by atoms with Crippen molar-refractivity contribution in [3.63, 3.8) is 0 Å². The Hall–Kier alpha value is -2.11. The average molecular weight is 515 g/mol. The molecule has 2 aromatic heterocycles. The van der Waals surface area contributed by atoms with Crippen LogP contribution < -0.4 is 10.6 Å². The minimum Gasteiger partial charge on any atom is -0.459 e. The molecule has 0 spiro atoms. The highest BCUT2D eigenvalue weighted by Crippen LogP contribution is 2.24. The number of guanidine groups is 1. The number of aliphatic imine (C=N–C) groups is 1. The molecule has 29 heavy (non-hydrogen) atoms. The van der Waals surface area contributed by atoms with Crippen LogP contribution in [0.3, 0.4) is 0 Å². The minimum atomic E-state index is -0.173. The van der Waals surface area contributed by atoms with Gasteiger partial charge in [-0.05, 0) is 39.2 Å². The van der Waals surface area contributed by atoms with Gasteiger partial charge >= 0.3 is 0 Å². The molecule has 2 aromatic rings. The summed E-state index contributed by atoms with van der Waals surface area (Å²) in [5.41, 5.74) is 0.846. The number of hydrogen-bond donors (Lipinski definition) is 3. The van der Waals surface area contributed by atoms with Crippen molar-refractivity contribution in [2.24, 2.45) is 4.99 Å². The van der Waals surface area contributed by atoms with E-state index in [1.807, 2.05) is 6.92 Å². The lowest BCUT2D eigenvalue weighted by molar-refractivity contribution is 0.0925. The molecule has 0 aromatic carbocycles. The molecule has 1 aliphatic rings. The number of rotatable bonds is 7. The van der Waals surface area contributed by atoms with Crippen molar-refractivity contribution >= 4 is 35.8 Å². The molecular weight excluding hydrogens is 485 g/mol. The van der Waals surface area contributed by atoms with Crippen LogP contribution in [0.1, 0.15) is 54.0 Å². The number of furan rings is 1. The van der Waals surface area contributed by atoms with Crippen molar-refractivity contribution in [1.82, 2.24) is 30.7 Å². The normalized spacial score (nSPS) is 15.1. The summed E-state index contributed by atoms with van der Waals surface area (Å²) >= 11 is 0. The second-order valence-electron chi connectivity index (χ2n) is 6.91. The Kier molecular flexibility index (Phi) is 9.42. The second kappa shape index (κ2) is 11.8. The van der Waals surface area contributed by atoms with Gasteiger partial charge in [0.2, 0.25) is 0 Å². The minimum absolute atomic E-state index is 0. The third kappa shape index (κ3) is 6.44. The molecule has 3 N–H and O–H groups in total. The van der Waals surface area contributed by atoms with Crippen LogP contribution in [0.4, 0.5) is 0 Å². The van der Waals surface area contributed by atoms with Crippen molar-refractivity contribution in [3.05, 3.63) is 35.8 Å². The van der Waals surface area contributed by atoms with Crippen LogP contribution in [0.15, 0.2) is 28.1 Å². The van der Waals surface area contributed by atoms with Crippen molar-refractivity contribution in [2.45, 2.75) is 39.0 Å². The first kappa shape index (κ1) is 23.2. The molecule has 0 saturated carbocycles. The van der Waals surface area contributed by atoms with Crippen molar-refractivity contribution < 1.29 is 9.21 Å². The lowest BCUT2D eigenvalue weighted by Gasteiger charge is -2.33. The first-order chi connectivity index (χ1) is 13.7. The Bertz CT molecular complexity index is 767. The van der Waals surface area contributed by atoms with Crippen LogP contribution in [0.25, 0.3) is 0 Å². The SMILES string of the molecule is CCNC(=NCCCNC(=O)c1occc1C)N1CCC(c2ncn[nH]2)CC1.I. The van der Waals surface area contributed by atoms with Gasteiger partial charge in [-0.2, -0.15) is 5.10 Å². The van der Waals surface area contributed by atoms with Crippen LogP contribution in [-0.2, 0) is 0 Å². The van der Waals surface area contributed by atoms with Crippen molar-refractivity contribution in [2.75, 3.05) is 32.7 Å². The van der Waals surface area contributed by atoms with Gasteiger partial charge in [0.1, 0.15) is 12.2 Å². The number of aromatic nitrogens is 3. The molecule has 10 heteroatoms. The summed E-state index contributed by atoms with van der Waals surface area (Å²) in [5, 5.41) is 13.2. The number of carbonyl (C=O) groups is 1. The number of likely N-dealkylation sites (tertiary alicyclic amines) is 1. The Labute approximate surface area is 188 Å². The highest BCUT2D eigenvalue weighted by molar-refractivity contribution is 14.0. The number of halogens is 1. The fraction of sp³-hybridized carbons (Fsp3) is 0.579. The molecule has 9 nitrogen and oxygen atoms in total. The molecule has 0 aliphatic carbocycles. The van der Waals surface area contributed by atoms with Crippen LogP contribution >= 0.6 is 24.0 Å². The smallest absolute Gasteiger partial charge is 0.287 e. The van der Waals surface area contributed by atoms with Gasteiger partial charge in [0.25, 0.3) is 5.91 Å². The average Bonchev–Trinajstić information content (AvgIpc) is 3.39. The van der Waals surface area contributed by atoms with Gasteiger partial charge in [0, 0.05) is 44.2 Å². The van der Waals surface area contributed by atoms with E-state index in [1.165, 1.54) is 6.26 Å². The molecule has 1 aliphatic heterocycles. The molecule has 1 fully saturated rings. The fourth-order valence-electron chi connectivity index (χ4n) is 3.35. The Morgan fingerprint density at radius 3 is 2.79 bits per heavy atom. The third-order valence-corrected chi connectivity index (χ3v) is 4.90. The maximum atomic E-state index is 12.0. The quantitative estimate of drug-likeness (QED) is 0.226. The maximum absolute atomic E-state index is 12.0. The second-order valence-corrected chi connectivity index (χ2v) is 6.91. The number of nitrogens with one attached hydrogen (secondary N) is 3. The summed E-state index contributed by atoms with van der Waals surface area (Å²) in [4.78, 5) is 23.3. The molecule has 1 saturated heterocycles. The number of piperidine rings is 1. The summed E-state index contributed by atoms with van der Waals surface area (Å²) in [6, 6.07) is 1.79. The van der Waals surface area contributed by atoms with E-state index in [0.717, 1.165) is 56.2 Å². The number of hydrogen-bond acceptors (Lipinski definition) is 5. The van der Waals surface area contributed by atoms with Gasteiger partial charge in [-0.1, -0.05) is 0 Å². The molecule has 0 bridgehead atoms. The topological polar surface area (TPSA) is 111 Å². The highest BCUT2D eigenvalue weighted by Gasteiger charge is 2.24.